The first kappa shape index (κ1) is 18.1. The number of halogens is 1. The second-order valence-corrected chi connectivity index (χ2v) is 6.50. The number of rotatable bonds is 4. The number of hydrogen-bond acceptors (Lipinski definition) is 3. The summed E-state index contributed by atoms with van der Waals surface area (Å²) in [7, 11) is 1.88. The van der Waals surface area contributed by atoms with Crippen LogP contribution in [0.2, 0.25) is 0 Å². The third-order valence-electron chi connectivity index (χ3n) is 4.64. The van der Waals surface area contributed by atoms with Crippen molar-refractivity contribution < 1.29 is 14.0 Å². The monoisotopic (exact) mass is 355 g/mol. The van der Waals surface area contributed by atoms with Crippen LogP contribution >= 0.6 is 0 Å². The van der Waals surface area contributed by atoms with Crippen molar-refractivity contribution in [1.82, 2.24) is 10.2 Å². The topological polar surface area (TPSA) is 61.4 Å². The quantitative estimate of drug-likeness (QED) is 0.883. The Morgan fingerprint density at radius 2 is 1.88 bits per heavy atom. The van der Waals surface area contributed by atoms with Gasteiger partial charge in [0.15, 0.2) is 0 Å². The van der Waals surface area contributed by atoms with Gasteiger partial charge in [-0.3, -0.25) is 15.0 Å². The summed E-state index contributed by atoms with van der Waals surface area (Å²) in [6, 6.07) is 13.5. The maximum Gasteiger partial charge on any atom is 0.326 e. The van der Waals surface area contributed by atoms with E-state index in [9.17, 15) is 14.0 Å². The van der Waals surface area contributed by atoms with Gasteiger partial charge in [0.05, 0.1) is 12.2 Å². The molecule has 2 N–H and O–H groups in total. The van der Waals surface area contributed by atoms with E-state index in [1.54, 1.807) is 6.07 Å². The number of imide groups is 1. The summed E-state index contributed by atoms with van der Waals surface area (Å²) in [5.74, 6) is -0.976. The number of fused-ring (bicyclic) bond motifs is 1. The van der Waals surface area contributed by atoms with Crippen molar-refractivity contribution in [3.05, 3.63) is 65.5 Å². The summed E-state index contributed by atoms with van der Waals surface area (Å²) in [5, 5.41) is 4.60. The molecule has 0 fully saturated rings. The van der Waals surface area contributed by atoms with Crippen LogP contribution in [0.1, 0.15) is 30.0 Å². The number of carbonyl (C=O) groups excluding carboxylic acids is 2. The number of benzene rings is 2. The molecule has 1 atom stereocenters. The lowest BCUT2D eigenvalue weighted by molar-refractivity contribution is -0.121. The molecule has 0 spiro atoms. The molecule has 2 aromatic rings. The molecule has 136 valence electrons. The van der Waals surface area contributed by atoms with Crippen molar-refractivity contribution in [3.63, 3.8) is 0 Å². The highest BCUT2D eigenvalue weighted by molar-refractivity contribution is 6.01. The minimum absolute atomic E-state index is 0.0346. The number of likely N-dealkylation sites (N-methyl/N-ethyl adjacent to an activating group) is 1. The molecule has 5 nitrogen and oxygen atoms in total. The highest BCUT2D eigenvalue weighted by Crippen LogP contribution is 2.33. The number of amides is 3. The molecular weight excluding hydrogens is 333 g/mol. The van der Waals surface area contributed by atoms with Gasteiger partial charge in [-0.05, 0) is 49.6 Å². The number of nitrogens with one attached hydrogen (secondary N) is 2. The first-order chi connectivity index (χ1) is 12.5. The van der Waals surface area contributed by atoms with Crippen LogP contribution in [-0.2, 0) is 11.2 Å². The summed E-state index contributed by atoms with van der Waals surface area (Å²) in [5.41, 5.74) is 2.59. The number of anilines is 1. The van der Waals surface area contributed by atoms with E-state index < -0.39 is 17.8 Å². The summed E-state index contributed by atoms with van der Waals surface area (Å²) >= 11 is 0. The maximum atomic E-state index is 13.5. The number of carbonyl (C=O) groups is 2. The highest BCUT2D eigenvalue weighted by Gasteiger charge is 2.25. The van der Waals surface area contributed by atoms with Crippen LogP contribution in [0.15, 0.2) is 48.5 Å². The highest BCUT2D eigenvalue weighted by atomic mass is 19.1. The summed E-state index contributed by atoms with van der Waals surface area (Å²) in [6.07, 6.45) is 3.10. The van der Waals surface area contributed by atoms with E-state index in [0.717, 1.165) is 19.3 Å². The van der Waals surface area contributed by atoms with Crippen molar-refractivity contribution >= 4 is 17.6 Å². The molecule has 1 aliphatic carbocycles. The van der Waals surface area contributed by atoms with Gasteiger partial charge in [-0.15, -0.1) is 0 Å². The predicted octanol–water partition coefficient (Wildman–Crippen LogP) is 3.48. The first-order valence-electron chi connectivity index (χ1n) is 8.68. The van der Waals surface area contributed by atoms with Gasteiger partial charge < -0.3 is 5.32 Å². The smallest absolute Gasteiger partial charge is 0.305 e. The van der Waals surface area contributed by atoms with Crippen LogP contribution in [-0.4, -0.2) is 30.4 Å². The average Bonchev–Trinajstić information content (AvgIpc) is 2.63. The molecule has 26 heavy (non-hydrogen) atoms. The largest absolute Gasteiger partial charge is 0.326 e. The molecule has 1 aliphatic rings. The number of nitrogens with zero attached hydrogens (tertiary/aromatic N) is 1. The van der Waals surface area contributed by atoms with Gasteiger partial charge in [-0.2, -0.15) is 0 Å². The van der Waals surface area contributed by atoms with Gasteiger partial charge in [-0.1, -0.05) is 36.4 Å². The van der Waals surface area contributed by atoms with Crippen LogP contribution in [0.5, 0.6) is 0 Å². The second kappa shape index (κ2) is 8.10. The van der Waals surface area contributed by atoms with Crippen molar-refractivity contribution in [2.75, 3.05) is 18.9 Å². The van der Waals surface area contributed by atoms with Gasteiger partial charge in [0.1, 0.15) is 5.82 Å². The van der Waals surface area contributed by atoms with E-state index >= 15 is 0 Å². The second-order valence-electron chi connectivity index (χ2n) is 6.50. The number of aryl methyl sites for hydroxylation is 1. The van der Waals surface area contributed by atoms with E-state index in [-0.39, 0.29) is 18.3 Å². The lowest BCUT2D eigenvalue weighted by atomic mass is 9.87. The Morgan fingerprint density at radius 1 is 1.15 bits per heavy atom. The molecule has 0 aromatic heterocycles. The molecule has 0 saturated heterocycles. The molecule has 0 heterocycles. The number of urea groups is 1. The summed E-state index contributed by atoms with van der Waals surface area (Å²) < 4.78 is 13.5. The van der Waals surface area contributed by atoms with Gasteiger partial charge in [-0.25, -0.2) is 9.18 Å². The van der Waals surface area contributed by atoms with E-state index in [4.69, 9.17) is 0 Å². The minimum atomic E-state index is -0.738. The fraction of sp³-hybridized carbons (Fsp3) is 0.300. The van der Waals surface area contributed by atoms with E-state index in [1.807, 2.05) is 24.1 Å². The Morgan fingerprint density at radius 3 is 2.69 bits per heavy atom. The van der Waals surface area contributed by atoms with Crippen LogP contribution in [0.4, 0.5) is 14.9 Å². The van der Waals surface area contributed by atoms with Crippen LogP contribution in [0, 0.1) is 5.82 Å². The van der Waals surface area contributed by atoms with Crippen molar-refractivity contribution in [1.29, 1.82) is 0 Å². The van der Waals surface area contributed by atoms with Crippen molar-refractivity contribution in [2.45, 2.75) is 25.3 Å². The zero-order chi connectivity index (χ0) is 18.5. The fourth-order valence-corrected chi connectivity index (χ4v) is 3.41. The van der Waals surface area contributed by atoms with Crippen LogP contribution in [0.25, 0.3) is 0 Å². The molecule has 0 bridgehead atoms. The Balaban J connectivity index is 1.57. The maximum absolute atomic E-state index is 13.5. The van der Waals surface area contributed by atoms with Gasteiger partial charge in [0, 0.05) is 6.04 Å². The van der Waals surface area contributed by atoms with E-state index in [1.165, 1.54) is 29.3 Å². The molecule has 0 radical (unpaired) electrons. The Kier molecular flexibility index (Phi) is 5.63. The van der Waals surface area contributed by atoms with Gasteiger partial charge in [0.2, 0.25) is 5.91 Å². The third kappa shape index (κ3) is 4.26. The van der Waals surface area contributed by atoms with Crippen molar-refractivity contribution in [3.8, 4) is 0 Å². The molecule has 0 unspecified atom stereocenters. The standard InChI is InChI=1S/C20H22FN3O2/c1-24(18-12-6-8-14-7-2-3-9-15(14)18)13-19(25)23-20(26)22-17-11-5-4-10-16(17)21/h2-5,7,9-11,18H,6,8,12-13H2,1H3,(H2,22,23,25,26)/t18-/m0/s1. The lowest BCUT2D eigenvalue weighted by Gasteiger charge is -2.32. The average molecular weight is 355 g/mol. The Labute approximate surface area is 152 Å². The Bertz CT molecular complexity index is 809. The number of hydrogen-bond donors (Lipinski definition) is 2. The zero-order valence-corrected chi connectivity index (χ0v) is 14.7. The molecular formula is C20H22FN3O2. The minimum Gasteiger partial charge on any atom is -0.305 e. The summed E-state index contributed by atoms with van der Waals surface area (Å²) in [6.45, 7) is 0.0870. The van der Waals surface area contributed by atoms with Crippen LogP contribution in [0.3, 0.4) is 0 Å². The first-order valence-corrected chi connectivity index (χ1v) is 8.68. The predicted molar refractivity (Wildman–Crippen MR) is 98.3 cm³/mol. The van der Waals surface area contributed by atoms with E-state index in [2.05, 4.69) is 22.8 Å². The molecule has 0 aliphatic heterocycles. The van der Waals surface area contributed by atoms with Gasteiger partial charge in [0.25, 0.3) is 0 Å². The lowest BCUT2D eigenvalue weighted by Crippen LogP contribution is -2.42. The van der Waals surface area contributed by atoms with Crippen LogP contribution < -0.4 is 10.6 Å². The normalized spacial score (nSPS) is 16.0. The molecule has 3 amide bonds. The summed E-state index contributed by atoms with van der Waals surface area (Å²) in [4.78, 5) is 26.0. The molecule has 3 rings (SSSR count). The van der Waals surface area contributed by atoms with E-state index in [0.29, 0.717) is 0 Å². The van der Waals surface area contributed by atoms with Gasteiger partial charge >= 0.3 is 6.03 Å². The zero-order valence-electron chi connectivity index (χ0n) is 14.7. The molecule has 0 saturated carbocycles. The molecule has 6 heteroatoms. The SMILES string of the molecule is CN(CC(=O)NC(=O)Nc1ccccc1F)[C@H]1CCCc2ccccc21. The number of para-hydroxylation sites is 1. The Hall–Kier alpha value is -2.73. The van der Waals surface area contributed by atoms with Crippen molar-refractivity contribution in [2.24, 2.45) is 0 Å². The third-order valence-corrected chi connectivity index (χ3v) is 4.64. The molecule has 2 aromatic carbocycles. The fourth-order valence-electron chi connectivity index (χ4n) is 3.41.